The number of carbonyl (C=O) groups is 1. The average Bonchev–Trinajstić information content (AvgIpc) is 2.55. The highest BCUT2D eigenvalue weighted by molar-refractivity contribution is 5.38. The summed E-state index contributed by atoms with van der Waals surface area (Å²) in [6.45, 7) is 13.8. The quantitative estimate of drug-likeness (QED) is 0.269. The Bertz CT molecular complexity index is 552. The number of hydrogen-bond acceptors (Lipinski definition) is 2. The molecule has 0 N–H and O–H groups in total. The van der Waals surface area contributed by atoms with Gasteiger partial charge >= 0.3 is 0 Å². The molecule has 27 heavy (non-hydrogen) atoms. The van der Waals surface area contributed by atoms with Crippen LogP contribution < -0.4 is 0 Å². The van der Waals surface area contributed by atoms with Crippen LogP contribution in [0.1, 0.15) is 103 Å². The second kappa shape index (κ2) is 11.5. The smallest absolute Gasteiger partial charge is 0.293 e. The second-order valence-corrected chi connectivity index (χ2v) is 9.92. The van der Waals surface area contributed by atoms with E-state index < -0.39 is 0 Å². The molecule has 0 spiro atoms. The van der Waals surface area contributed by atoms with Gasteiger partial charge in [-0.05, 0) is 87.8 Å². The first-order valence-corrected chi connectivity index (χ1v) is 10.8. The zero-order valence-corrected chi connectivity index (χ0v) is 18.7. The highest BCUT2D eigenvalue weighted by Gasteiger charge is 2.17. The second-order valence-electron chi connectivity index (χ2n) is 9.92. The summed E-state index contributed by atoms with van der Waals surface area (Å²) in [5.74, 6) is 0. The van der Waals surface area contributed by atoms with E-state index >= 15 is 0 Å². The minimum Gasteiger partial charge on any atom is -0.462 e. The first kappa shape index (κ1) is 23.7. The van der Waals surface area contributed by atoms with Gasteiger partial charge in [-0.2, -0.15) is 0 Å². The lowest BCUT2D eigenvalue weighted by Crippen LogP contribution is -2.23. The lowest BCUT2D eigenvalue weighted by Gasteiger charge is -2.22. The van der Waals surface area contributed by atoms with Gasteiger partial charge in [0.2, 0.25) is 0 Å². The van der Waals surface area contributed by atoms with Crippen LogP contribution in [0.5, 0.6) is 0 Å². The Balaban J connectivity index is 2.28. The number of hydrogen-bond donors (Lipinski definition) is 0. The molecule has 1 rings (SSSR count). The number of ether oxygens (including phenoxy) is 1. The fourth-order valence-electron chi connectivity index (χ4n) is 3.59. The third-order valence-electron chi connectivity index (χ3n) is 5.39. The molecule has 0 saturated heterocycles. The van der Waals surface area contributed by atoms with Crippen molar-refractivity contribution in [3.05, 3.63) is 34.9 Å². The lowest BCUT2D eigenvalue weighted by molar-refractivity contribution is -0.140. The average molecular weight is 375 g/mol. The topological polar surface area (TPSA) is 26.3 Å². The summed E-state index contributed by atoms with van der Waals surface area (Å²) in [5.41, 5.74) is 4.51. The highest BCUT2D eigenvalue weighted by atomic mass is 16.5. The largest absolute Gasteiger partial charge is 0.462 e. The van der Waals surface area contributed by atoms with Crippen LogP contribution in [-0.2, 0) is 22.4 Å². The summed E-state index contributed by atoms with van der Waals surface area (Å²) >= 11 is 0. The van der Waals surface area contributed by atoms with Crippen LogP contribution in [0, 0.1) is 12.3 Å². The van der Waals surface area contributed by atoms with Crippen molar-refractivity contribution >= 4 is 6.47 Å². The van der Waals surface area contributed by atoms with Gasteiger partial charge in [0.15, 0.2) is 0 Å². The predicted molar refractivity (Wildman–Crippen MR) is 116 cm³/mol. The SMILES string of the molecule is Cc1cc(CCCCC(C)(C)OC=O)ccc1CCCCCCC(C)(C)C. The summed E-state index contributed by atoms with van der Waals surface area (Å²) < 4.78 is 5.11. The molecule has 0 aliphatic rings. The first-order valence-electron chi connectivity index (χ1n) is 10.8. The van der Waals surface area contributed by atoms with Gasteiger partial charge in [-0.15, -0.1) is 0 Å². The van der Waals surface area contributed by atoms with E-state index in [4.69, 9.17) is 4.74 Å². The van der Waals surface area contributed by atoms with Crippen molar-refractivity contribution in [2.45, 2.75) is 111 Å². The maximum Gasteiger partial charge on any atom is 0.293 e. The minimum atomic E-state index is -0.339. The van der Waals surface area contributed by atoms with E-state index in [9.17, 15) is 4.79 Å². The van der Waals surface area contributed by atoms with E-state index in [1.807, 2.05) is 13.8 Å². The number of benzene rings is 1. The van der Waals surface area contributed by atoms with E-state index in [1.54, 1.807) is 0 Å². The molecule has 0 heterocycles. The van der Waals surface area contributed by atoms with Gasteiger partial charge in [0.1, 0.15) is 5.60 Å². The fraction of sp³-hybridized carbons (Fsp3) is 0.720. The maximum absolute atomic E-state index is 10.5. The zero-order valence-electron chi connectivity index (χ0n) is 18.7. The Labute approximate surface area is 168 Å². The van der Waals surface area contributed by atoms with E-state index in [2.05, 4.69) is 45.9 Å². The highest BCUT2D eigenvalue weighted by Crippen LogP contribution is 2.23. The molecule has 0 saturated carbocycles. The zero-order chi connectivity index (χ0) is 20.3. The monoisotopic (exact) mass is 374 g/mol. The summed E-state index contributed by atoms with van der Waals surface area (Å²) in [6, 6.07) is 7.00. The Hall–Kier alpha value is -1.31. The number of aryl methyl sites for hydroxylation is 3. The summed E-state index contributed by atoms with van der Waals surface area (Å²) in [6.07, 6.45) is 12.1. The molecule has 0 aliphatic heterocycles. The number of unbranched alkanes of at least 4 members (excludes halogenated alkanes) is 4. The summed E-state index contributed by atoms with van der Waals surface area (Å²) in [7, 11) is 0. The summed E-state index contributed by atoms with van der Waals surface area (Å²) in [5, 5.41) is 0. The van der Waals surface area contributed by atoms with Gasteiger partial charge < -0.3 is 4.74 Å². The van der Waals surface area contributed by atoms with Crippen LogP contribution in [0.25, 0.3) is 0 Å². The van der Waals surface area contributed by atoms with E-state index in [1.165, 1.54) is 55.2 Å². The molecule has 0 amide bonds. The molecule has 0 atom stereocenters. The van der Waals surface area contributed by atoms with Crippen molar-refractivity contribution in [3.63, 3.8) is 0 Å². The molecule has 0 aromatic heterocycles. The van der Waals surface area contributed by atoms with Crippen molar-refractivity contribution < 1.29 is 9.53 Å². The van der Waals surface area contributed by atoms with E-state index in [-0.39, 0.29) is 5.60 Å². The van der Waals surface area contributed by atoms with Crippen LogP contribution >= 0.6 is 0 Å². The van der Waals surface area contributed by atoms with E-state index in [0.717, 1.165) is 25.7 Å². The standard InChI is InChI=1S/C25H42O2/c1-21-19-22(13-10-12-18-25(5,6)27-20-26)15-16-23(21)14-9-7-8-11-17-24(2,3)4/h15-16,19-20H,7-14,17-18H2,1-6H3. The van der Waals surface area contributed by atoms with Gasteiger partial charge in [0, 0.05) is 0 Å². The normalized spacial score (nSPS) is 12.2. The molecule has 1 aromatic rings. The lowest BCUT2D eigenvalue weighted by atomic mass is 9.89. The maximum atomic E-state index is 10.5. The van der Waals surface area contributed by atoms with Crippen molar-refractivity contribution in [3.8, 4) is 0 Å². The van der Waals surface area contributed by atoms with Gasteiger partial charge in [-0.25, -0.2) is 0 Å². The van der Waals surface area contributed by atoms with Crippen LogP contribution in [0.3, 0.4) is 0 Å². The van der Waals surface area contributed by atoms with Crippen LogP contribution in [0.4, 0.5) is 0 Å². The molecule has 0 radical (unpaired) electrons. The fourth-order valence-corrected chi connectivity index (χ4v) is 3.59. The third kappa shape index (κ3) is 11.2. The van der Waals surface area contributed by atoms with Crippen LogP contribution in [0.15, 0.2) is 18.2 Å². The van der Waals surface area contributed by atoms with Gasteiger partial charge in [0.25, 0.3) is 6.47 Å². The Morgan fingerprint density at radius 3 is 2.11 bits per heavy atom. The molecule has 0 aliphatic carbocycles. The Kier molecular flexibility index (Phi) is 10.1. The Morgan fingerprint density at radius 1 is 0.852 bits per heavy atom. The number of rotatable bonds is 13. The predicted octanol–water partition coefficient (Wildman–Crippen LogP) is 7.20. The Morgan fingerprint density at radius 2 is 1.48 bits per heavy atom. The first-order chi connectivity index (χ1) is 12.6. The van der Waals surface area contributed by atoms with Crippen molar-refractivity contribution in [2.75, 3.05) is 0 Å². The molecule has 2 nitrogen and oxygen atoms in total. The minimum absolute atomic E-state index is 0.339. The van der Waals surface area contributed by atoms with Crippen molar-refractivity contribution in [2.24, 2.45) is 5.41 Å². The van der Waals surface area contributed by atoms with Gasteiger partial charge in [0.05, 0.1) is 0 Å². The molecule has 0 fully saturated rings. The molecule has 1 aromatic carbocycles. The molecule has 0 bridgehead atoms. The van der Waals surface area contributed by atoms with Crippen molar-refractivity contribution in [1.82, 2.24) is 0 Å². The van der Waals surface area contributed by atoms with E-state index in [0.29, 0.717) is 11.9 Å². The summed E-state index contributed by atoms with van der Waals surface area (Å²) in [4.78, 5) is 10.5. The van der Waals surface area contributed by atoms with Crippen LogP contribution in [-0.4, -0.2) is 12.1 Å². The third-order valence-corrected chi connectivity index (χ3v) is 5.39. The molecular formula is C25H42O2. The van der Waals surface area contributed by atoms with Crippen molar-refractivity contribution in [1.29, 1.82) is 0 Å². The van der Waals surface area contributed by atoms with Crippen LogP contribution in [0.2, 0.25) is 0 Å². The van der Waals surface area contributed by atoms with Gasteiger partial charge in [-0.1, -0.05) is 58.2 Å². The number of carbonyl (C=O) groups excluding carboxylic acids is 1. The molecule has 0 unspecified atom stereocenters. The molecule has 2 heteroatoms. The van der Waals surface area contributed by atoms with Gasteiger partial charge in [-0.3, -0.25) is 4.79 Å². The molecule has 154 valence electrons. The molecular weight excluding hydrogens is 332 g/mol.